The number of sulfonamides is 1. The normalized spacial score (nSPS) is 24.6. The lowest BCUT2D eigenvalue weighted by molar-refractivity contribution is 0.346. The average Bonchev–Trinajstić information content (AvgIpc) is 1.92. The van der Waals surface area contributed by atoms with Crippen LogP contribution in [0.1, 0.15) is 26.7 Å². The Balaban J connectivity index is 2.61. The third kappa shape index (κ3) is 2.45. The second kappa shape index (κ2) is 3.75. The van der Waals surface area contributed by atoms with Gasteiger partial charge in [-0.15, -0.1) is 0 Å². The quantitative estimate of drug-likeness (QED) is 0.654. The van der Waals surface area contributed by atoms with Crippen LogP contribution in [0.2, 0.25) is 0 Å². The first-order valence-corrected chi connectivity index (χ1v) is 6.11. The van der Waals surface area contributed by atoms with Gasteiger partial charge in [0.2, 0.25) is 10.0 Å². The minimum Gasteiger partial charge on any atom is -0.212 e. The Morgan fingerprint density at radius 3 is 2.50 bits per heavy atom. The van der Waals surface area contributed by atoms with Gasteiger partial charge in [0.05, 0.1) is 5.75 Å². The summed E-state index contributed by atoms with van der Waals surface area (Å²) in [6.07, 6.45) is 1.85. The number of hydrogen-bond donors (Lipinski definition) is 0. The molecule has 3 nitrogen and oxygen atoms in total. The van der Waals surface area contributed by atoms with Crippen molar-refractivity contribution in [3.63, 3.8) is 0 Å². The Morgan fingerprint density at radius 2 is 2.00 bits per heavy atom. The molecule has 0 atom stereocenters. The minimum absolute atomic E-state index is 0.347. The van der Waals surface area contributed by atoms with Crippen molar-refractivity contribution in [2.75, 3.05) is 18.8 Å². The summed E-state index contributed by atoms with van der Waals surface area (Å²) in [6, 6.07) is 0. The third-order valence-corrected chi connectivity index (χ3v) is 3.94. The van der Waals surface area contributed by atoms with Gasteiger partial charge in [-0.2, -0.15) is 0 Å². The summed E-state index contributed by atoms with van der Waals surface area (Å²) in [5, 5.41) is 0. The van der Waals surface area contributed by atoms with Crippen molar-refractivity contribution in [2.45, 2.75) is 26.7 Å². The van der Waals surface area contributed by atoms with Crippen molar-refractivity contribution in [3.05, 3.63) is 0 Å². The van der Waals surface area contributed by atoms with E-state index < -0.39 is 10.0 Å². The highest BCUT2D eigenvalue weighted by Gasteiger charge is 2.25. The van der Waals surface area contributed by atoms with Gasteiger partial charge in [0.15, 0.2) is 0 Å². The first-order chi connectivity index (χ1) is 5.52. The van der Waals surface area contributed by atoms with E-state index in [-0.39, 0.29) is 0 Å². The van der Waals surface area contributed by atoms with E-state index in [4.69, 9.17) is 0 Å². The second-order valence-electron chi connectivity index (χ2n) is 3.77. The summed E-state index contributed by atoms with van der Waals surface area (Å²) in [5.74, 6) is 0.776. The Labute approximate surface area is 74.8 Å². The smallest absolute Gasteiger partial charge is 0.212 e. The number of hydrogen-bond acceptors (Lipinski definition) is 2. The van der Waals surface area contributed by atoms with Gasteiger partial charge in [-0.25, -0.2) is 12.7 Å². The lowest BCUT2D eigenvalue weighted by atomic mass is 10.2. The molecule has 0 radical (unpaired) electrons. The molecule has 0 aromatic heterocycles. The predicted molar refractivity (Wildman–Crippen MR) is 49.4 cm³/mol. The van der Waals surface area contributed by atoms with Crippen molar-refractivity contribution in [1.29, 1.82) is 0 Å². The average molecular weight is 191 g/mol. The van der Waals surface area contributed by atoms with Crippen LogP contribution in [0.4, 0.5) is 0 Å². The maximum atomic E-state index is 11.4. The number of rotatable bonds is 2. The van der Waals surface area contributed by atoms with Crippen LogP contribution < -0.4 is 0 Å². The van der Waals surface area contributed by atoms with Crippen LogP contribution in [0.15, 0.2) is 0 Å². The minimum atomic E-state index is -2.89. The van der Waals surface area contributed by atoms with Gasteiger partial charge in [-0.3, -0.25) is 0 Å². The van der Waals surface area contributed by atoms with Gasteiger partial charge in [0.1, 0.15) is 0 Å². The molecule has 0 amide bonds. The molecular weight excluding hydrogens is 174 g/mol. The predicted octanol–water partition coefficient (Wildman–Crippen LogP) is 1.07. The fourth-order valence-electron chi connectivity index (χ4n) is 1.45. The van der Waals surface area contributed by atoms with E-state index in [1.165, 1.54) is 0 Å². The van der Waals surface area contributed by atoms with Gasteiger partial charge in [0.25, 0.3) is 0 Å². The molecule has 72 valence electrons. The highest BCUT2D eigenvalue weighted by molar-refractivity contribution is 7.89. The molecule has 0 aromatic rings. The molecule has 1 aliphatic rings. The summed E-state index contributed by atoms with van der Waals surface area (Å²) >= 11 is 0. The maximum absolute atomic E-state index is 11.4. The van der Waals surface area contributed by atoms with Gasteiger partial charge in [0, 0.05) is 13.1 Å². The summed E-state index contributed by atoms with van der Waals surface area (Å²) in [6.45, 7) is 5.50. The lowest BCUT2D eigenvalue weighted by Gasteiger charge is -2.27. The van der Waals surface area contributed by atoms with Crippen LogP contribution in [0.5, 0.6) is 0 Å². The summed E-state index contributed by atoms with van der Waals surface area (Å²) < 4.78 is 24.5. The van der Waals surface area contributed by atoms with Crippen LogP contribution in [0.25, 0.3) is 0 Å². The number of nitrogens with zero attached hydrogens (tertiary/aromatic N) is 1. The molecule has 0 aliphatic carbocycles. The van der Waals surface area contributed by atoms with E-state index in [1.54, 1.807) is 4.31 Å². The fraction of sp³-hybridized carbons (Fsp3) is 1.00. The molecule has 1 aliphatic heterocycles. The molecule has 1 saturated heterocycles. The fourth-order valence-corrected chi connectivity index (χ4v) is 3.21. The molecular formula is C8H17NO2S. The van der Waals surface area contributed by atoms with Crippen molar-refractivity contribution in [3.8, 4) is 0 Å². The lowest BCUT2D eigenvalue weighted by Crippen LogP contribution is -2.39. The highest BCUT2D eigenvalue weighted by atomic mass is 32.2. The molecule has 0 N–H and O–H groups in total. The van der Waals surface area contributed by atoms with E-state index in [0.717, 1.165) is 19.4 Å². The Kier molecular flexibility index (Phi) is 3.12. The van der Waals surface area contributed by atoms with E-state index in [9.17, 15) is 8.42 Å². The molecule has 0 unspecified atom stereocenters. The zero-order valence-electron chi connectivity index (χ0n) is 7.78. The summed E-state index contributed by atoms with van der Waals surface area (Å²) in [4.78, 5) is 0. The molecule has 1 rings (SSSR count). The Bertz CT molecular complexity index is 233. The van der Waals surface area contributed by atoms with Gasteiger partial charge >= 0.3 is 0 Å². The van der Waals surface area contributed by atoms with E-state index in [0.29, 0.717) is 18.2 Å². The molecule has 4 heteroatoms. The highest BCUT2D eigenvalue weighted by Crippen LogP contribution is 2.14. The first kappa shape index (κ1) is 9.99. The van der Waals surface area contributed by atoms with E-state index in [1.807, 2.05) is 13.8 Å². The second-order valence-corrected chi connectivity index (χ2v) is 5.86. The van der Waals surface area contributed by atoms with Crippen LogP contribution in [-0.2, 0) is 10.0 Å². The molecule has 1 fully saturated rings. The molecule has 1 heterocycles. The van der Waals surface area contributed by atoms with E-state index >= 15 is 0 Å². The van der Waals surface area contributed by atoms with E-state index in [2.05, 4.69) is 0 Å². The zero-order valence-corrected chi connectivity index (χ0v) is 8.60. The van der Waals surface area contributed by atoms with Crippen molar-refractivity contribution in [1.82, 2.24) is 4.31 Å². The van der Waals surface area contributed by atoms with Crippen molar-refractivity contribution in [2.24, 2.45) is 5.92 Å². The zero-order chi connectivity index (χ0) is 9.19. The van der Waals surface area contributed by atoms with Crippen molar-refractivity contribution < 1.29 is 8.42 Å². The monoisotopic (exact) mass is 191 g/mol. The van der Waals surface area contributed by atoms with Gasteiger partial charge in [-0.1, -0.05) is 13.8 Å². The Hall–Kier alpha value is -0.0900. The maximum Gasteiger partial charge on any atom is 0.214 e. The van der Waals surface area contributed by atoms with Crippen LogP contribution >= 0.6 is 0 Å². The van der Waals surface area contributed by atoms with Crippen LogP contribution in [0.3, 0.4) is 0 Å². The first-order valence-electron chi connectivity index (χ1n) is 4.50. The standard InChI is InChI=1S/C8H17NO2S/c1-8(2)7-9-5-3-4-6-12(9,10)11/h8H,3-7H2,1-2H3. The summed E-state index contributed by atoms with van der Waals surface area (Å²) in [5.41, 5.74) is 0. The SMILES string of the molecule is CC(C)CN1CCCCS1(=O)=O. The third-order valence-electron chi connectivity index (χ3n) is 2.02. The molecule has 0 bridgehead atoms. The molecule has 0 aromatic carbocycles. The summed E-state index contributed by atoms with van der Waals surface area (Å²) in [7, 11) is -2.89. The van der Waals surface area contributed by atoms with Gasteiger partial charge < -0.3 is 0 Å². The van der Waals surface area contributed by atoms with Crippen LogP contribution in [0, 0.1) is 5.92 Å². The van der Waals surface area contributed by atoms with Gasteiger partial charge in [-0.05, 0) is 18.8 Å². The topological polar surface area (TPSA) is 37.4 Å². The van der Waals surface area contributed by atoms with Crippen LogP contribution in [-0.4, -0.2) is 31.6 Å². The largest absolute Gasteiger partial charge is 0.214 e. The molecule has 0 spiro atoms. The van der Waals surface area contributed by atoms with Crippen molar-refractivity contribution >= 4 is 10.0 Å². The Morgan fingerprint density at radius 1 is 1.33 bits per heavy atom. The molecule has 12 heavy (non-hydrogen) atoms. The molecule has 0 saturated carbocycles.